The fourth-order valence-corrected chi connectivity index (χ4v) is 3.77. The van der Waals surface area contributed by atoms with Crippen molar-refractivity contribution in [2.45, 2.75) is 12.8 Å². The fourth-order valence-electron chi connectivity index (χ4n) is 3.77. The number of hydrogen-bond donors (Lipinski definition) is 2. The number of Topliss-reactive ketones (excluding diaryl/α,β-unsaturated/α-hetero) is 1. The van der Waals surface area contributed by atoms with Gasteiger partial charge in [-0.2, -0.15) is 0 Å². The SMILES string of the molecule is O=C1C(=CNc2cccc(Oc3ccccc3)c2)CCc2c1[nH]c1ccccc21. The Balaban J connectivity index is 1.35. The van der Waals surface area contributed by atoms with Crippen LogP contribution >= 0.6 is 0 Å². The van der Waals surface area contributed by atoms with Gasteiger partial charge < -0.3 is 15.0 Å². The third kappa shape index (κ3) is 3.41. The molecular weight excluding hydrogens is 360 g/mol. The summed E-state index contributed by atoms with van der Waals surface area (Å²) in [6.07, 6.45) is 3.40. The van der Waals surface area contributed by atoms with Gasteiger partial charge in [0.1, 0.15) is 11.5 Å². The van der Waals surface area contributed by atoms with Crippen molar-refractivity contribution in [1.29, 1.82) is 0 Å². The molecule has 0 radical (unpaired) electrons. The lowest BCUT2D eigenvalue weighted by Crippen LogP contribution is -2.14. The van der Waals surface area contributed by atoms with Gasteiger partial charge in [-0.3, -0.25) is 4.79 Å². The summed E-state index contributed by atoms with van der Waals surface area (Å²) in [5.41, 5.74) is 4.51. The van der Waals surface area contributed by atoms with E-state index in [0.717, 1.165) is 52.1 Å². The zero-order valence-corrected chi connectivity index (χ0v) is 15.8. The highest BCUT2D eigenvalue weighted by atomic mass is 16.5. The zero-order valence-electron chi connectivity index (χ0n) is 15.8. The second kappa shape index (κ2) is 7.32. The lowest BCUT2D eigenvalue weighted by molar-refractivity contribution is 0.102. The number of aryl methyl sites for hydroxylation is 1. The summed E-state index contributed by atoms with van der Waals surface area (Å²) < 4.78 is 5.88. The third-order valence-electron chi connectivity index (χ3n) is 5.20. The van der Waals surface area contributed by atoms with Crippen LogP contribution < -0.4 is 10.1 Å². The molecule has 0 saturated carbocycles. The summed E-state index contributed by atoms with van der Waals surface area (Å²) in [5, 5.41) is 4.41. The van der Waals surface area contributed by atoms with Crippen molar-refractivity contribution >= 4 is 22.4 Å². The number of carbonyl (C=O) groups excluding carboxylic acids is 1. The van der Waals surface area contributed by atoms with E-state index in [9.17, 15) is 4.79 Å². The Labute approximate surface area is 168 Å². The van der Waals surface area contributed by atoms with Crippen LogP contribution in [-0.2, 0) is 6.42 Å². The monoisotopic (exact) mass is 380 g/mol. The number of para-hydroxylation sites is 2. The van der Waals surface area contributed by atoms with Crippen molar-refractivity contribution < 1.29 is 9.53 Å². The average Bonchev–Trinajstić information content (AvgIpc) is 3.14. The minimum atomic E-state index is 0.0617. The van der Waals surface area contributed by atoms with Gasteiger partial charge in [0.2, 0.25) is 5.78 Å². The molecule has 0 atom stereocenters. The minimum absolute atomic E-state index is 0.0617. The number of aromatic amines is 1. The summed E-state index contributed by atoms with van der Waals surface area (Å²) in [5.74, 6) is 1.59. The Morgan fingerprint density at radius 1 is 0.862 bits per heavy atom. The molecule has 0 unspecified atom stereocenters. The first-order chi connectivity index (χ1) is 14.3. The van der Waals surface area contributed by atoms with E-state index in [1.807, 2.05) is 79.0 Å². The van der Waals surface area contributed by atoms with Crippen LogP contribution in [0.4, 0.5) is 5.69 Å². The van der Waals surface area contributed by atoms with E-state index in [1.54, 1.807) is 0 Å². The van der Waals surface area contributed by atoms with Crippen LogP contribution in [0.2, 0.25) is 0 Å². The normalized spacial score (nSPS) is 14.8. The van der Waals surface area contributed by atoms with Gasteiger partial charge in [0, 0.05) is 34.4 Å². The van der Waals surface area contributed by atoms with E-state index in [0.29, 0.717) is 5.69 Å². The van der Waals surface area contributed by atoms with Crippen molar-refractivity contribution in [2.75, 3.05) is 5.32 Å². The maximum Gasteiger partial charge on any atom is 0.206 e. The van der Waals surface area contributed by atoms with Crippen molar-refractivity contribution in [3.63, 3.8) is 0 Å². The Morgan fingerprint density at radius 3 is 2.55 bits per heavy atom. The lowest BCUT2D eigenvalue weighted by Gasteiger charge is -2.15. The highest BCUT2D eigenvalue weighted by Gasteiger charge is 2.25. The standard InChI is InChI=1S/C25H20N2O2/c28-25-17(13-14-22-21-11-4-5-12-23(21)27-24(22)25)16-26-18-7-6-10-20(15-18)29-19-8-2-1-3-9-19/h1-12,15-16,26-27H,13-14H2. The second-order valence-corrected chi connectivity index (χ2v) is 7.11. The first kappa shape index (κ1) is 17.3. The van der Waals surface area contributed by atoms with E-state index in [2.05, 4.69) is 16.4 Å². The van der Waals surface area contributed by atoms with Crippen LogP contribution in [0.1, 0.15) is 22.5 Å². The molecule has 0 saturated heterocycles. The van der Waals surface area contributed by atoms with Gasteiger partial charge in [-0.15, -0.1) is 0 Å². The molecule has 1 heterocycles. The molecule has 5 rings (SSSR count). The number of carbonyl (C=O) groups is 1. The predicted octanol–water partition coefficient (Wildman–Crippen LogP) is 6.09. The molecule has 2 N–H and O–H groups in total. The summed E-state index contributed by atoms with van der Waals surface area (Å²) in [7, 11) is 0. The van der Waals surface area contributed by atoms with Crippen molar-refractivity contribution in [3.05, 3.63) is 102 Å². The summed E-state index contributed by atoms with van der Waals surface area (Å²) in [6, 6.07) is 25.5. The molecule has 1 aromatic heterocycles. The molecule has 29 heavy (non-hydrogen) atoms. The molecule has 0 aliphatic heterocycles. The minimum Gasteiger partial charge on any atom is -0.457 e. The molecule has 1 aliphatic rings. The zero-order chi connectivity index (χ0) is 19.6. The summed E-state index contributed by atoms with van der Waals surface area (Å²) >= 11 is 0. The molecular formula is C25H20N2O2. The molecule has 142 valence electrons. The quantitative estimate of drug-likeness (QED) is 0.422. The lowest BCUT2D eigenvalue weighted by atomic mass is 9.91. The largest absolute Gasteiger partial charge is 0.457 e. The van der Waals surface area contributed by atoms with Crippen LogP contribution in [0.5, 0.6) is 11.5 Å². The summed E-state index contributed by atoms with van der Waals surface area (Å²) in [6.45, 7) is 0. The maximum absolute atomic E-state index is 13.0. The fraction of sp³-hybridized carbons (Fsp3) is 0.0800. The number of anilines is 1. The molecule has 4 aromatic rings. The van der Waals surface area contributed by atoms with Crippen molar-refractivity contribution in [1.82, 2.24) is 4.98 Å². The number of rotatable bonds is 4. The Morgan fingerprint density at radius 2 is 1.66 bits per heavy atom. The van der Waals surface area contributed by atoms with Crippen LogP contribution in [0.3, 0.4) is 0 Å². The molecule has 4 nitrogen and oxygen atoms in total. The molecule has 4 heteroatoms. The van der Waals surface area contributed by atoms with E-state index >= 15 is 0 Å². The maximum atomic E-state index is 13.0. The Kier molecular flexibility index (Phi) is 4.37. The molecule has 0 amide bonds. The first-order valence-electron chi connectivity index (χ1n) is 9.71. The van der Waals surface area contributed by atoms with Crippen LogP contribution in [0, 0.1) is 0 Å². The molecule has 3 aromatic carbocycles. The van der Waals surface area contributed by atoms with Gasteiger partial charge in [-0.05, 0) is 48.7 Å². The van der Waals surface area contributed by atoms with Gasteiger partial charge >= 0.3 is 0 Å². The van der Waals surface area contributed by atoms with Crippen LogP contribution in [-0.4, -0.2) is 10.8 Å². The van der Waals surface area contributed by atoms with Gasteiger partial charge in [-0.1, -0.05) is 42.5 Å². The number of hydrogen-bond acceptors (Lipinski definition) is 3. The van der Waals surface area contributed by atoms with Gasteiger partial charge in [0.05, 0.1) is 5.69 Å². The Hall–Kier alpha value is -3.79. The van der Waals surface area contributed by atoms with Crippen molar-refractivity contribution in [3.8, 4) is 11.5 Å². The first-order valence-corrected chi connectivity index (χ1v) is 9.71. The Bertz CT molecular complexity index is 1220. The number of allylic oxidation sites excluding steroid dienone is 1. The molecule has 0 fully saturated rings. The topological polar surface area (TPSA) is 54.1 Å². The smallest absolute Gasteiger partial charge is 0.206 e. The van der Waals surface area contributed by atoms with E-state index in [4.69, 9.17) is 4.74 Å². The number of ether oxygens (including phenoxy) is 1. The summed E-state index contributed by atoms with van der Waals surface area (Å²) in [4.78, 5) is 16.2. The molecule has 0 spiro atoms. The average molecular weight is 380 g/mol. The van der Waals surface area contributed by atoms with E-state index < -0.39 is 0 Å². The molecule has 1 aliphatic carbocycles. The van der Waals surface area contributed by atoms with Crippen LogP contribution in [0.25, 0.3) is 10.9 Å². The van der Waals surface area contributed by atoms with Crippen molar-refractivity contribution in [2.24, 2.45) is 0 Å². The van der Waals surface area contributed by atoms with E-state index in [-0.39, 0.29) is 5.78 Å². The number of ketones is 1. The second-order valence-electron chi connectivity index (χ2n) is 7.11. The van der Waals surface area contributed by atoms with Gasteiger partial charge in [-0.25, -0.2) is 0 Å². The number of nitrogens with one attached hydrogen (secondary N) is 2. The van der Waals surface area contributed by atoms with Gasteiger partial charge in [0.15, 0.2) is 0 Å². The molecule has 0 bridgehead atoms. The number of aromatic nitrogens is 1. The highest BCUT2D eigenvalue weighted by Crippen LogP contribution is 2.31. The number of H-pyrrole nitrogens is 1. The van der Waals surface area contributed by atoms with E-state index in [1.165, 1.54) is 0 Å². The highest BCUT2D eigenvalue weighted by molar-refractivity contribution is 6.13. The van der Waals surface area contributed by atoms with Crippen LogP contribution in [0.15, 0.2) is 90.6 Å². The van der Waals surface area contributed by atoms with Gasteiger partial charge in [0.25, 0.3) is 0 Å². The number of benzene rings is 3. The number of fused-ring (bicyclic) bond motifs is 3. The third-order valence-corrected chi connectivity index (χ3v) is 5.20. The predicted molar refractivity (Wildman–Crippen MR) is 116 cm³/mol.